The number of alkyl halides is 3. The van der Waals surface area contributed by atoms with Crippen LogP contribution in [0.15, 0.2) is 0 Å². The van der Waals surface area contributed by atoms with Gasteiger partial charge in [0, 0.05) is 6.92 Å². The number of hydrogen-bond acceptors (Lipinski definition) is 2. The van der Waals surface area contributed by atoms with E-state index in [1.54, 1.807) is 0 Å². The lowest BCUT2D eigenvalue weighted by Crippen LogP contribution is -2.27. The number of carbonyl (C=O) groups is 2. The third kappa shape index (κ3) is 4.66. The number of rotatable bonds is 2. The monoisotopic (exact) mass is 228 g/mol. The molecular weight excluding hydrogens is 217 g/mol. The largest absolute Gasteiger partial charge is 0.481 e. The molecule has 0 bridgehead atoms. The zero-order valence-electron chi connectivity index (χ0n) is 7.97. The average molecular weight is 228 g/mol. The molecule has 1 rings (SSSR count). The van der Waals surface area contributed by atoms with Gasteiger partial charge in [-0.25, -0.2) is 0 Å². The van der Waals surface area contributed by atoms with E-state index in [9.17, 15) is 18.0 Å². The molecule has 1 fully saturated rings. The third-order valence-corrected chi connectivity index (χ3v) is 1.94. The summed E-state index contributed by atoms with van der Waals surface area (Å²) < 4.78 is 36.0. The molecule has 7 heteroatoms. The van der Waals surface area contributed by atoms with Crippen LogP contribution >= 0.6 is 0 Å². The van der Waals surface area contributed by atoms with Crippen molar-refractivity contribution in [2.45, 2.75) is 32.4 Å². The molecule has 0 atom stereocenters. The van der Waals surface area contributed by atoms with Crippen LogP contribution in [0.25, 0.3) is 0 Å². The topological polar surface area (TPSA) is 74.6 Å². The van der Waals surface area contributed by atoms with Gasteiger partial charge in [0.15, 0.2) is 0 Å². The van der Waals surface area contributed by atoms with Crippen LogP contribution < -0.4 is 0 Å². The molecule has 0 amide bonds. The summed E-state index contributed by atoms with van der Waals surface area (Å²) in [6.45, 7) is 1.08. The summed E-state index contributed by atoms with van der Waals surface area (Å²) in [5.41, 5.74) is -1.89. The fourth-order valence-corrected chi connectivity index (χ4v) is 1.00. The summed E-state index contributed by atoms with van der Waals surface area (Å²) in [7, 11) is 0. The normalized spacial score (nSPS) is 17.3. The predicted octanol–water partition coefficient (Wildman–Crippen LogP) is 1.89. The van der Waals surface area contributed by atoms with Crippen molar-refractivity contribution >= 4 is 11.9 Å². The van der Waals surface area contributed by atoms with E-state index >= 15 is 0 Å². The van der Waals surface area contributed by atoms with Gasteiger partial charge in [0.05, 0.1) is 11.8 Å². The van der Waals surface area contributed by atoms with Gasteiger partial charge in [0.2, 0.25) is 0 Å². The summed E-state index contributed by atoms with van der Waals surface area (Å²) in [5, 5.41) is 15.6. The van der Waals surface area contributed by atoms with Crippen LogP contribution in [0.5, 0.6) is 0 Å². The first kappa shape index (κ1) is 13.7. The lowest BCUT2D eigenvalue weighted by molar-refractivity contribution is -0.193. The van der Waals surface area contributed by atoms with Gasteiger partial charge in [-0.15, -0.1) is 0 Å². The standard InChI is InChI=1S/C6H7F3O2.C2H4O2/c7-6(8,9)5(1-2-5)3-4(10)11;1-2(3)4/h1-3H2,(H,10,11);1H3,(H,3,4). The minimum Gasteiger partial charge on any atom is -0.481 e. The van der Waals surface area contributed by atoms with Crippen molar-refractivity contribution in [3.63, 3.8) is 0 Å². The summed E-state index contributed by atoms with van der Waals surface area (Å²) in [5.74, 6) is -2.21. The number of carboxylic acids is 2. The third-order valence-electron chi connectivity index (χ3n) is 1.94. The maximum atomic E-state index is 12.0. The lowest BCUT2D eigenvalue weighted by Gasteiger charge is -2.15. The zero-order chi connectivity index (χ0) is 12.3. The van der Waals surface area contributed by atoms with Gasteiger partial charge in [-0.05, 0) is 12.8 Å². The summed E-state index contributed by atoms with van der Waals surface area (Å²) in [6.07, 6.45) is -5.20. The molecule has 88 valence electrons. The smallest absolute Gasteiger partial charge is 0.395 e. The van der Waals surface area contributed by atoms with Crippen LogP contribution in [-0.2, 0) is 9.59 Å². The minimum absolute atomic E-state index is 0.0389. The molecule has 15 heavy (non-hydrogen) atoms. The molecule has 0 aromatic heterocycles. The maximum absolute atomic E-state index is 12.0. The van der Waals surface area contributed by atoms with E-state index < -0.39 is 30.0 Å². The molecule has 0 heterocycles. The second-order valence-electron chi connectivity index (χ2n) is 3.37. The van der Waals surface area contributed by atoms with Gasteiger partial charge in [0.1, 0.15) is 0 Å². The molecule has 1 saturated carbocycles. The van der Waals surface area contributed by atoms with Crippen molar-refractivity contribution in [1.82, 2.24) is 0 Å². The Morgan fingerprint density at radius 3 is 1.67 bits per heavy atom. The molecule has 0 unspecified atom stereocenters. The van der Waals surface area contributed by atoms with Gasteiger partial charge < -0.3 is 10.2 Å². The molecule has 4 nitrogen and oxygen atoms in total. The van der Waals surface area contributed by atoms with Crippen LogP contribution in [0.2, 0.25) is 0 Å². The molecule has 0 aromatic carbocycles. The minimum atomic E-state index is -4.34. The Labute approximate surface area is 83.7 Å². The van der Waals surface area contributed by atoms with Gasteiger partial charge in [-0.2, -0.15) is 13.2 Å². The molecule has 1 aliphatic rings. The molecule has 2 N–H and O–H groups in total. The second-order valence-corrected chi connectivity index (χ2v) is 3.37. The van der Waals surface area contributed by atoms with Crippen molar-refractivity contribution < 1.29 is 33.0 Å². The lowest BCUT2D eigenvalue weighted by atomic mass is 10.0. The Morgan fingerprint density at radius 2 is 1.60 bits per heavy atom. The van der Waals surface area contributed by atoms with Crippen molar-refractivity contribution in [2.75, 3.05) is 0 Å². The first-order valence-corrected chi connectivity index (χ1v) is 4.09. The number of hydrogen-bond donors (Lipinski definition) is 2. The van der Waals surface area contributed by atoms with Crippen molar-refractivity contribution in [2.24, 2.45) is 5.41 Å². The Bertz CT molecular complexity index is 251. The highest BCUT2D eigenvalue weighted by Gasteiger charge is 2.63. The van der Waals surface area contributed by atoms with E-state index in [0.29, 0.717) is 0 Å². The predicted molar refractivity (Wildman–Crippen MR) is 43.3 cm³/mol. The van der Waals surface area contributed by atoms with Gasteiger partial charge >= 0.3 is 12.1 Å². The molecule has 0 radical (unpaired) electrons. The Kier molecular flexibility index (Phi) is 4.12. The van der Waals surface area contributed by atoms with Crippen LogP contribution in [0, 0.1) is 5.41 Å². The van der Waals surface area contributed by atoms with Crippen LogP contribution in [0.3, 0.4) is 0 Å². The van der Waals surface area contributed by atoms with Crippen molar-refractivity contribution in [3.8, 4) is 0 Å². The van der Waals surface area contributed by atoms with Crippen LogP contribution in [-0.4, -0.2) is 28.3 Å². The zero-order valence-corrected chi connectivity index (χ0v) is 7.97. The van der Waals surface area contributed by atoms with E-state index in [0.717, 1.165) is 6.92 Å². The average Bonchev–Trinajstić information content (AvgIpc) is 2.63. The number of aliphatic carboxylic acids is 2. The van der Waals surface area contributed by atoms with E-state index in [1.807, 2.05) is 0 Å². The van der Waals surface area contributed by atoms with Gasteiger partial charge in [-0.1, -0.05) is 0 Å². The summed E-state index contributed by atoms with van der Waals surface area (Å²) in [4.78, 5) is 19.0. The summed E-state index contributed by atoms with van der Waals surface area (Å²) in [6, 6.07) is 0. The molecule has 1 aliphatic carbocycles. The first-order chi connectivity index (χ1) is 6.61. The first-order valence-electron chi connectivity index (χ1n) is 4.09. The van der Waals surface area contributed by atoms with E-state index in [1.165, 1.54) is 0 Å². The molecule has 0 saturated heterocycles. The maximum Gasteiger partial charge on any atom is 0.395 e. The fraction of sp³-hybridized carbons (Fsp3) is 0.750. The Hall–Kier alpha value is -1.27. The van der Waals surface area contributed by atoms with Crippen LogP contribution in [0.4, 0.5) is 13.2 Å². The highest BCUT2D eigenvalue weighted by molar-refractivity contribution is 5.68. The Balaban J connectivity index is 0.000000423. The highest BCUT2D eigenvalue weighted by Crippen LogP contribution is 2.59. The van der Waals surface area contributed by atoms with E-state index in [2.05, 4.69) is 0 Å². The number of carboxylic acid groups (broad SMARTS) is 2. The highest BCUT2D eigenvalue weighted by atomic mass is 19.4. The molecule has 0 spiro atoms. The summed E-state index contributed by atoms with van der Waals surface area (Å²) >= 11 is 0. The van der Waals surface area contributed by atoms with E-state index in [-0.39, 0.29) is 12.8 Å². The molecule has 0 aromatic rings. The van der Waals surface area contributed by atoms with Crippen molar-refractivity contribution in [3.05, 3.63) is 0 Å². The molecular formula is C8H11F3O4. The van der Waals surface area contributed by atoms with E-state index in [4.69, 9.17) is 15.0 Å². The fourth-order valence-electron chi connectivity index (χ4n) is 1.00. The van der Waals surface area contributed by atoms with Gasteiger partial charge in [0.25, 0.3) is 5.97 Å². The quantitative estimate of drug-likeness (QED) is 0.756. The second kappa shape index (κ2) is 4.50. The van der Waals surface area contributed by atoms with Crippen molar-refractivity contribution in [1.29, 1.82) is 0 Å². The number of halogens is 3. The molecule has 0 aliphatic heterocycles. The van der Waals surface area contributed by atoms with Crippen LogP contribution in [0.1, 0.15) is 26.2 Å². The van der Waals surface area contributed by atoms with Gasteiger partial charge in [-0.3, -0.25) is 9.59 Å². The Morgan fingerprint density at radius 1 is 1.27 bits per heavy atom. The SMILES string of the molecule is CC(=O)O.O=C(O)CC1(C(F)(F)F)CC1.